The van der Waals surface area contributed by atoms with Crippen LogP contribution >= 0.6 is 11.6 Å². The van der Waals surface area contributed by atoms with Crippen molar-refractivity contribution in [2.75, 3.05) is 5.88 Å². The molecule has 2 nitrogen and oxygen atoms in total. The third-order valence-corrected chi connectivity index (χ3v) is 1.56. The van der Waals surface area contributed by atoms with Gasteiger partial charge in [-0.1, -0.05) is 11.6 Å². The third kappa shape index (κ3) is 3.51. The molecular formula is C7H11ClO2. The van der Waals surface area contributed by atoms with E-state index in [-0.39, 0.29) is 0 Å². The van der Waals surface area contributed by atoms with Crippen molar-refractivity contribution in [2.24, 2.45) is 5.92 Å². The zero-order valence-electron chi connectivity index (χ0n) is 6.10. The number of carboxylic acid groups (broad SMARTS) is 1. The molecular weight excluding hydrogens is 152 g/mol. The van der Waals surface area contributed by atoms with E-state index < -0.39 is 11.9 Å². The van der Waals surface area contributed by atoms with Gasteiger partial charge in [0.15, 0.2) is 0 Å². The average molecular weight is 163 g/mol. The van der Waals surface area contributed by atoms with Crippen molar-refractivity contribution >= 4 is 17.6 Å². The van der Waals surface area contributed by atoms with Gasteiger partial charge in [-0.05, 0) is 13.8 Å². The summed E-state index contributed by atoms with van der Waals surface area (Å²) in [6, 6.07) is 0. The topological polar surface area (TPSA) is 37.3 Å². The maximum Gasteiger partial charge on any atom is 0.310 e. The lowest BCUT2D eigenvalue weighted by molar-refractivity contribution is -0.139. The Balaban J connectivity index is 3.99. The number of carboxylic acids is 1. The van der Waals surface area contributed by atoms with Crippen LogP contribution in [0.15, 0.2) is 11.6 Å². The SMILES string of the molecule is C/C(=C\[C@@H](C)C(=O)O)CCl. The summed E-state index contributed by atoms with van der Waals surface area (Å²) in [6.45, 7) is 3.44. The first-order chi connectivity index (χ1) is 4.57. The van der Waals surface area contributed by atoms with E-state index in [4.69, 9.17) is 16.7 Å². The molecule has 58 valence electrons. The summed E-state index contributed by atoms with van der Waals surface area (Å²) in [6.07, 6.45) is 1.65. The highest BCUT2D eigenvalue weighted by atomic mass is 35.5. The number of aliphatic carboxylic acids is 1. The number of alkyl halides is 1. The fourth-order valence-corrected chi connectivity index (χ4v) is 0.632. The summed E-state index contributed by atoms with van der Waals surface area (Å²) in [5.74, 6) is -0.847. The lowest BCUT2D eigenvalue weighted by Gasteiger charge is -1.99. The van der Waals surface area contributed by atoms with Crippen LogP contribution in [0.1, 0.15) is 13.8 Å². The van der Waals surface area contributed by atoms with Gasteiger partial charge in [0.05, 0.1) is 5.92 Å². The highest BCUT2D eigenvalue weighted by molar-refractivity contribution is 6.19. The van der Waals surface area contributed by atoms with E-state index in [1.165, 1.54) is 0 Å². The van der Waals surface area contributed by atoms with Gasteiger partial charge in [0.25, 0.3) is 0 Å². The molecule has 3 heteroatoms. The number of hydrogen-bond acceptors (Lipinski definition) is 1. The summed E-state index contributed by atoms with van der Waals surface area (Å²) >= 11 is 5.44. The second kappa shape index (κ2) is 4.34. The van der Waals surface area contributed by atoms with E-state index in [2.05, 4.69) is 0 Å². The van der Waals surface area contributed by atoms with Crippen molar-refractivity contribution in [3.63, 3.8) is 0 Å². The van der Waals surface area contributed by atoms with Gasteiger partial charge in [0.2, 0.25) is 0 Å². The first kappa shape index (κ1) is 9.50. The van der Waals surface area contributed by atoms with Gasteiger partial charge in [-0.2, -0.15) is 0 Å². The van der Waals surface area contributed by atoms with Crippen LogP contribution in [0, 0.1) is 5.92 Å². The van der Waals surface area contributed by atoms with Crippen LogP contribution in [0.2, 0.25) is 0 Å². The van der Waals surface area contributed by atoms with Crippen molar-refractivity contribution in [3.05, 3.63) is 11.6 Å². The molecule has 0 aliphatic heterocycles. The lowest BCUT2D eigenvalue weighted by Crippen LogP contribution is -2.06. The second-order valence-electron chi connectivity index (χ2n) is 2.27. The van der Waals surface area contributed by atoms with Gasteiger partial charge in [0.1, 0.15) is 0 Å². The molecule has 10 heavy (non-hydrogen) atoms. The monoisotopic (exact) mass is 162 g/mol. The van der Waals surface area contributed by atoms with Crippen LogP contribution in [0.25, 0.3) is 0 Å². The molecule has 0 aliphatic carbocycles. The molecule has 0 aromatic carbocycles. The summed E-state index contributed by atoms with van der Waals surface area (Å²) in [7, 11) is 0. The number of halogens is 1. The number of rotatable bonds is 3. The molecule has 0 spiro atoms. The largest absolute Gasteiger partial charge is 0.481 e. The summed E-state index contributed by atoms with van der Waals surface area (Å²) in [4.78, 5) is 10.3. The molecule has 0 saturated heterocycles. The molecule has 0 heterocycles. The van der Waals surface area contributed by atoms with Crippen LogP contribution < -0.4 is 0 Å². The molecule has 0 fully saturated rings. The smallest absolute Gasteiger partial charge is 0.310 e. The second-order valence-corrected chi connectivity index (χ2v) is 2.54. The fourth-order valence-electron chi connectivity index (χ4n) is 0.543. The van der Waals surface area contributed by atoms with Gasteiger partial charge in [0, 0.05) is 5.88 Å². The molecule has 0 aromatic heterocycles. The molecule has 0 amide bonds. The molecule has 0 aromatic rings. The maximum atomic E-state index is 10.3. The molecule has 0 bridgehead atoms. The van der Waals surface area contributed by atoms with Crippen molar-refractivity contribution in [1.82, 2.24) is 0 Å². The average Bonchev–Trinajstić information content (AvgIpc) is 1.87. The van der Waals surface area contributed by atoms with E-state index in [1.807, 2.05) is 6.92 Å². The summed E-state index contributed by atoms with van der Waals surface area (Å²) in [5.41, 5.74) is 0.900. The Kier molecular flexibility index (Phi) is 4.12. The Morgan fingerprint density at radius 2 is 2.30 bits per heavy atom. The molecule has 0 rings (SSSR count). The Labute approximate surface area is 65.5 Å². The Morgan fingerprint density at radius 3 is 2.60 bits per heavy atom. The number of allylic oxidation sites excluding steroid dienone is 1. The van der Waals surface area contributed by atoms with Crippen LogP contribution in [0.4, 0.5) is 0 Å². The van der Waals surface area contributed by atoms with Crippen LogP contribution in [-0.2, 0) is 4.79 Å². The fraction of sp³-hybridized carbons (Fsp3) is 0.571. The Hall–Kier alpha value is -0.500. The Bertz CT molecular complexity index is 152. The highest BCUT2D eigenvalue weighted by Gasteiger charge is 2.06. The first-order valence-electron chi connectivity index (χ1n) is 3.04. The van der Waals surface area contributed by atoms with E-state index in [0.29, 0.717) is 5.88 Å². The molecule has 1 N–H and O–H groups in total. The third-order valence-electron chi connectivity index (χ3n) is 1.13. The van der Waals surface area contributed by atoms with Crippen molar-refractivity contribution in [3.8, 4) is 0 Å². The lowest BCUT2D eigenvalue weighted by atomic mass is 10.1. The number of carbonyl (C=O) groups is 1. The minimum absolute atomic E-state index is 0.400. The number of hydrogen-bond donors (Lipinski definition) is 1. The minimum Gasteiger partial charge on any atom is -0.481 e. The van der Waals surface area contributed by atoms with E-state index in [0.717, 1.165) is 5.57 Å². The quantitative estimate of drug-likeness (QED) is 0.508. The zero-order valence-corrected chi connectivity index (χ0v) is 6.85. The zero-order chi connectivity index (χ0) is 8.15. The van der Waals surface area contributed by atoms with E-state index >= 15 is 0 Å². The first-order valence-corrected chi connectivity index (χ1v) is 3.57. The minimum atomic E-state index is -0.815. The van der Waals surface area contributed by atoms with E-state index in [9.17, 15) is 4.79 Å². The Morgan fingerprint density at radius 1 is 1.80 bits per heavy atom. The predicted molar refractivity (Wildman–Crippen MR) is 41.3 cm³/mol. The van der Waals surface area contributed by atoms with Crippen molar-refractivity contribution < 1.29 is 9.90 Å². The predicted octanol–water partition coefficient (Wildman–Crippen LogP) is 1.89. The van der Waals surface area contributed by atoms with Crippen molar-refractivity contribution in [2.45, 2.75) is 13.8 Å². The normalized spacial score (nSPS) is 14.9. The summed E-state index contributed by atoms with van der Waals surface area (Å²) < 4.78 is 0. The highest BCUT2D eigenvalue weighted by Crippen LogP contribution is 2.03. The van der Waals surface area contributed by atoms with Crippen molar-refractivity contribution in [1.29, 1.82) is 0 Å². The van der Waals surface area contributed by atoms with Crippen LogP contribution in [-0.4, -0.2) is 17.0 Å². The molecule has 0 radical (unpaired) electrons. The molecule has 1 atom stereocenters. The molecule has 0 aliphatic rings. The van der Waals surface area contributed by atoms with Gasteiger partial charge in [-0.3, -0.25) is 4.79 Å². The molecule has 0 unspecified atom stereocenters. The standard InChI is InChI=1S/C7H11ClO2/c1-5(4-8)3-6(2)7(9)10/h3,6H,4H2,1-2H3,(H,9,10)/b5-3+/t6-/m1/s1. The maximum absolute atomic E-state index is 10.3. The van der Waals surface area contributed by atoms with Gasteiger partial charge < -0.3 is 5.11 Å². The molecule has 0 saturated carbocycles. The van der Waals surface area contributed by atoms with Gasteiger partial charge >= 0.3 is 5.97 Å². The summed E-state index contributed by atoms with van der Waals surface area (Å²) in [5, 5.41) is 8.44. The van der Waals surface area contributed by atoms with Gasteiger partial charge in [-0.25, -0.2) is 0 Å². The van der Waals surface area contributed by atoms with Crippen LogP contribution in [0.5, 0.6) is 0 Å². The van der Waals surface area contributed by atoms with E-state index in [1.54, 1.807) is 13.0 Å². The van der Waals surface area contributed by atoms with Crippen LogP contribution in [0.3, 0.4) is 0 Å². The van der Waals surface area contributed by atoms with Gasteiger partial charge in [-0.15, -0.1) is 11.6 Å².